The predicted octanol–water partition coefficient (Wildman–Crippen LogP) is 1.96. The first kappa shape index (κ1) is 12.7. The summed E-state index contributed by atoms with van der Waals surface area (Å²) in [7, 11) is 1.58. The largest absolute Gasteiger partial charge is 0.284 e. The van der Waals surface area contributed by atoms with E-state index in [4.69, 9.17) is 5.84 Å². The lowest BCUT2D eigenvalue weighted by Crippen LogP contribution is -2.32. The van der Waals surface area contributed by atoms with Gasteiger partial charge in [0.1, 0.15) is 0 Å². The Morgan fingerprint density at radius 3 is 2.69 bits per heavy atom. The number of aryl methyl sites for hydroxylation is 3. The Bertz CT molecular complexity index is 372. The Morgan fingerprint density at radius 2 is 2.06 bits per heavy atom. The lowest BCUT2D eigenvalue weighted by molar-refractivity contribution is -0.130. The number of rotatable bonds is 4. The lowest BCUT2D eigenvalue weighted by atomic mass is 10.0. The van der Waals surface area contributed by atoms with E-state index in [9.17, 15) is 4.79 Å². The van der Waals surface area contributed by atoms with Crippen molar-refractivity contribution in [2.24, 2.45) is 5.84 Å². The molecule has 3 nitrogen and oxygen atoms in total. The van der Waals surface area contributed by atoms with E-state index in [2.05, 4.69) is 32.0 Å². The second kappa shape index (κ2) is 5.66. The van der Waals surface area contributed by atoms with Gasteiger partial charge in [-0.1, -0.05) is 23.8 Å². The van der Waals surface area contributed by atoms with Gasteiger partial charge in [0.15, 0.2) is 0 Å². The fraction of sp³-hybridized carbons (Fsp3) is 0.462. The summed E-state index contributed by atoms with van der Waals surface area (Å²) in [5, 5.41) is 1.16. The van der Waals surface area contributed by atoms with Crippen molar-refractivity contribution in [2.75, 3.05) is 7.05 Å². The monoisotopic (exact) mass is 220 g/mol. The number of carbonyl (C=O) groups is 1. The molecule has 1 rings (SSSR count). The molecule has 0 radical (unpaired) electrons. The van der Waals surface area contributed by atoms with Gasteiger partial charge in [0.25, 0.3) is 0 Å². The van der Waals surface area contributed by atoms with Gasteiger partial charge in [0, 0.05) is 13.5 Å². The molecule has 0 aliphatic rings. The first-order chi connectivity index (χ1) is 7.50. The third-order valence-electron chi connectivity index (χ3n) is 2.73. The number of hydrogen-bond donors (Lipinski definition) is 1. The molecule has 0 heterocycles. The molecule has 1 amide bonds. The Labute approximate surface area is 97.2 Å². The molecule has 0 saturated heterocycles. The molecule has 0 saturated carbocycles. The quantitative estimate of drug-likeness (QED) is 0.479. The molecule has 0 unspecified atom stereocenters. The Hall–Kier alpha value is -1.35. The van der Waals surface area contributed by atoms with E-state index in [-0.39, 0.29) is 5.91 Å². The Morgan fingerprint density at radius 1 is 1.38 bits per heavy atom. The van der Waals surface area contributed by atoms with Crippen LogP contribution in [0.25, 0.3) is 0 Å². The van der Waals surface area contributed by atoms with Crippen molar-refractivity contribution in [1.82, 2.24) is 5.01 Å². The minimum Gasteiger partial charge on any atom is -0.284 e. The van der Waals surface area contributed by atoms with Crippen molar-refractivity contribution in [1.29, 1.82) is 0 Å². The Balaban J connectivity index is 2.49. The average Bonchev–Trinajstić information content (AvgIpc) is 2.22. The van der Waals surface area contributed by atoms with E-state index < -0.39 is 0 Å². The van der Waals surface area contributed by atoms with Crippen molar-refractivity contribution in [2.45, 2.75) is 33.1 Å². The highest BCUT2D eigenvalue weighted by Crippen LogP contribution is 2.13. The first-order valence-electron chi connectivity index (χ1n) is 5.58. The third kappa shape index (κ3) is 3.66. The summed E-state index contributed by atoms with van der Waals surface area (Å²) in [5.74, 6) is 5.34. The maximum Gasteiger partial charge on any atom is 0.236 e. The summed E-state index contributed by atoms with van der Waals surface area (Å²) in [4.78, 5) is 11.3. The van der Waals surface area contributed by atoms with Gasteiger partial charge in [0.2, 0.25) is 5.91 Å². The van der Waals surface area contributed by atoms with Crippen molar-refractivity contribution in [3.63, 3.8) is 0 Å². The number of amides is 1. The van der Waals surface area contributed by atoms with Crippen LogP contribution in [0.1, 0.15) is 29.5 Å². The SMILES string of the molecule is Cc1ccc(C)c(CCCC(=O)N(C)N)c1. The van der Waals surface area contributed by atoms with Gasteiger partial charge in [-0.3, -0.25) is 9.80 Å². The van der Waals surface area contributed by atoms with Gasteiger partial charge >= 0.3 is 0 Å². The van der Waals surface area contributed by atoms with Crippen molar-refractivity contribution in [3.8, 4) is 0 Å². The van der Waals surface area contributed by atoms with Crippen molar-refractivity contribution < 1.29 is 4.79 Å². The van der Waals surface area contributed by atoms with Gasteiger partial charge in [-0.2, -0.15) is 0 Å². The molecule has 0 aliphatic carbocycles. The second-order valence-corrected chi connectivity index (χ2v) is 4.29. The van der Waals surface area contributed by atoms with Gasteiger partial charge in [-0.25, -0.2) is 5.84 Å². The maximum atomic E-state index is 11.3. The molecule has 0 spiro atoms. The molecule has 0 fully saturated rings. The van der Waals surface area contributed by atoms with E-state index in [1.54, 1.807) is 7.05 Å². The van der Waals surface area contributed by atoms with Gasteiger partial charge < -0.3 is 0 Å². The zero-order chi connectivity index (χ0) is 12.1. The number of nitrogens with two attached hydrogens (primary N) is 1. The number of hydrazine groups is 1. The topological polar surface area (TPSA) is 46.3 Å². The van der Waals surface area contributed by atoms with Crippen LogP contribution in [0, 0.1) is 13.8 Å². The smallest absolute Gasteiger partial charge is 0.236 e. The molecule has 0 aromatic heterocycles. The van der Waals surface area contributed by atoms with Crippen LogP contribution < -0.4 is 5.84 Å². The molecular formula is C13H20N2O. The molecule has 0 atom stereocenters. The van der Waals surface area contributed by atoms with Crippen molar-refractivity contribution >= 4 is 5.91 Å². The average molecular weight is 220 g/mol. The van der Waals surface area contributed by atoms with Gasteiger partial charge in [-0.15, -0.1) is 0 Å². The molecule has 16 heavy (non-hydrogen) atoms. The van der Waals surface area contributed by atoms with Crippen LogP contribution in [-0.4, -0.2) is 18.0 Å². The summed E-state index contributed by atoms with van der Waals surface area (Å²) in [6.45, 7) is 4.19. The van der Waals surface area contributed by atoms with E-state index in [1.807, 2.05) is 0 Å². The van der Waals surface area contributed by atoms with E-state index in [0.717, 1.165) is 17.9 Å². The number of hydrogen-bond acceptors (Lipinski definition) is 2. The van der Waals surface area contributed by atoms with Crippen LogP contribution in [-0.2, 0) is 11.2 Å². The third-order valence-corrected chi connectivity index (χ3v) is 2.73. The number of carbonyl (C=O) groups excluding carboxylic acids is 1. The lowest BCUT2D eigenvalue weighted by Gasteiger charge is -2.10. The van der Waals surface area contributed by atoms with E-state index in [1.165, 1.54) is 16.7 Å². The summed E-state index contributed by atoms with van der Waals surface area (Å²) in [5.41, 5.74) is 3.88. The molecule has 1 aromatic rings. The zero-order valence-electron chi connectivity index (χ0n) is 10.3. The van der Waals surface area contributed by atoms with Crippen LogP contribution in [0.15, 0.2) is 18.2 Å². The van der Waals surface area contributed by atoms with Gasteiger partial charge in [0.05, 0.1) is 0 Å². The maximum absolute atomic E-state index is 11.3. The van der Waals surface area contributed by atoms with E-state index >= 15 is 0 Å². The highest BCUT2D eigenvalue weighted by Gasteiger charge is 2.05. The predicted molar refractivity (Wildman–Crippen MR) is 65.8 cm³/mol. The van der Waals surface area contributed by atoms with Gasteiger partial charge in [-0.05, 0) is 37.8 Å². The Kier molecular flexibility index (Phi) is 4.50. The summed E-state index contributed by atoms with van der Waals surface area (Å²) >= 11 is 0. The van der Waals surface area contributed by atoms with Crippen molar-refractivity contribution in [3.05, 3.63) is 34.9 Å². The molecule has 88 valence electrons. The summed E-state index contributed by atoms with van der Waals surface area (Å²) in [6, 6.07) is 6.42. The molecule has 0 bridgehead atoms. The second-order valence-electron chi connectivity index (χ2n) is 4.29. The van der Waals surface area contributed by atoms with E-state index in [0.29, 0.717) is 6.42 Å². The first-order valence-corrected chi connectivity index (χ1v) is 5.58. The van der Waals surface area contributed by atoms with Crippen LogP contribution in [0.3, 0.4) is 0 Å². The minimum absolute atomic E-state index is 0.00898. The normalized spacial score (nSPS) is 10.2. The summed E-state index contributed by atoms with van der Waals surface area (Å²) < 4.78 is 0. The minimum atomic E-state index is -0.00898. The van der Waals surface area contributed by atoms with Crippen LogP contribution >= 0.6 is 0 Å². The molecule has 1 aromatic carbocycles. The highest BCUT2D eigenvalue weighted by molar-refractivity contribution is 5.75. The standard InChI is InChI=1S/C13H20N2O/c1-10-7-8-11(2)12(9-10)5-4-6-13(16)15(3)14/h7-9H,4-6,14H2,1-3H3. The van der Waals surface area contributed by atoms with Crippen LogP contribution in [0.2, 0.25) is 0 Å². The zero-order valence-corrected chi connectivity index (χ0v) is 10.3. The van der Waals surface area contributed by atoms with Crippen LogP contribution in [0.4, 0.5) is 0 Å². The molecule has 0 aliphatic heterocycles. The highest BCUT2D eigenvalue weighted by atomic mass is 16.2. The molecule has 2 N–H and O–H groups in total. The fourth-order valence-corrected chi connectivity index (χ4v) is 1.68. The number of nitrogens with zero attached hydrogens (tertiary/aromatic N) is 1. The number of benzene rings is 1. The van der Waals surface area contributed by atoms with Crippen LogP contribution in [0.5, 0.6) is 0 Å². The summed E-state index contributed by atoms with van der Waals surface area (Å²) in [6.07, 6.45) is 2.30. The molecule has 3 heteroatoms. The molecular weight excluding hydrogens is 200 g/mol. The fourth-order valence-electron chi connectivity index (χ4n) is 1.68.